The lowest BCUT2D eigenvalue weighted by Gasteiger charge is -1.92. The lowest BCUT2D eigenvalue weighted by molar-refractivity contribution is 0.254. The smallest absolute Gasteiger partial charge is 0.188 e. The summed E-state index contributed by atoms with van der Waals surface area (Å²) in [5.74, 6) is 4.29. The monoisotopic (exact) mass is 90.0 g/mol. The number of rotatable bonds is 1. The van der Waals surface area contributed by atoms with E-state index in [1.807, 2.05) is 5.82 Å². The van der Waals surface area contributed by atoms with Crippen molar-refractivity contribution in [1.82, 2.24) is 0 Å². The van der Waals surface area contributed by atoms with Gasteiger partial charge in [-0.3, -0.25) is 0 Å². The Hall–Kier alpha value is -0.350. The molecule has 0 fully saturated rings. The van der Waals surface area contributed by atoms with E-state index in [-0.39, 0.29) is 6.32 Å². The van der Waals surface area contributed by atoms with Crippen LogP contribution in [0.1, 0.15) is 0 Å². The van der Waals surface area contributed by atoms with E-state index in [4.69, 9.17) is 20.8 Å². The molecule has 0 aromatic carbocycles. The van der Waals surface area contributed by atoms with E-state index in [0.717, 1.165) is 0 Å². The van der Waals surface area contributed by atoms with Crippen molar-refractivity contribution in [3.8, 4) is 11.7 Å². The maximum Gasteiger partial charge on any atom is 0.188 e. The summed E-state index contributed by atoms with van der Waals surface area (Å²) < 4.78 is 0. The predicted octanol–water partition coefficient (Wildman–Crippen LogP) is -0.937. The van der Waals surface area contributed by atoms with E-state index >= 15 is 0 Å². The van der Waals surface area contributed by atoms with Crippen molar-refractivity contribution in [3.63, 3.8) is 0 Å². The number of aliphatic hydroxyl groups is 1. The Morgan fingerprint density at radius 1 is 1.71 bits per heavy atom. The summed E-state index contributed by atoms with van der Waals surface area (Å²) in [7, 11) is 9.68. The molecule has 0 saturated carbocycles. The second-order valence-corrected chi connectivity index (χ2v) is 1.04. The summed E-state index contributed by atoms with van der Waals surface area (Å²) in [5.41, 5.74) is 0. The first kappa shape index (κ1) is 6.65. The van der Waals surface area contributed by atoms with Gasteiger partial charge in [-0.15, -0.1) is 0 Å². The Bertz CT molecular complexity index is 91.6. The van der Waals surface area contributed by atoms with Gasteiger partial charge in [-0.05, 0) is 0 Å². The summed E-state index contributed by atoms with van der Waals surface area (Å²) >= 11 is 0. The van der Waals surface area contributed by atoms with Gasteiger partial charge in [-0.2, -0.15) is 5.82 Å². The molecule has 1 unspecified atom stereocenters. The van der Waals surface area contributed by atoms with Gasteiger partial charge in [0.05, 0.1) is 7.85 Å². The fraction of sp³-hybridized carbons (Fsp3) is 0.500. The summed E-state index contributed by atoms with van der Waals surface area (Å²) in [4.78, 5) is 0. The minimum absolute atomic E-state index is 0.143. The van der Waals surface area contributed by atoms with Crippen molar-refractivity contribution in [3.05, 3.63) is 0 Å². The average Bonchev–Trinajstić information content (AvgIpc) is 1.68. The molecule has 1 nitrogen and oxygen atoms in total. The highest BCUT2D eigenvalue weighted by atomic mass is 16.3. The Morgan fingerprint density at radius 2 is 2.29 bits per heavy atom. The molecule has 0 aliphatic rings. The van der Waals surface area contributed by atoms with Gasteiger partial charge >= 0.3 is 0 Å². The van der Waals surface area contributed by atoms with Crippen LogP contribution in [0.5, 0.6) is 0 Å². The molecular weight excluding hydrogens is 85.7 g/mol. The maximum absolute atomic E-state index is 8.48. The average molecular weight is 89.7 g/mol. The maximum atomic E-state index is 8.48. The van der Waals surface area contributed by atoms with Crippen LogP contribution in [0, 0.1) is 11.7 Å². The second kappa shape index (κ2) is 3.83. The SMILES string of the molecule is [B]C#CC(O)C[B]. The molecule has 0 rings (SSSR count). The van der Waals surface area contributed by atoms with Crippen LogP contribution in [-0.2, 0) is 0 Å². The Morgan fingerprint density at radius 3 is 2.43 bits per heavy atom. The molecule has 0 aliphatic carbocycles. The van der Waals surface area contributed by atoms with Gasteiger partial charge in [-0.1, -0.05) is 12.2 Å². The van der Waals surface area contributed by atoms with Crippen molar-refractivity contribution in [2.75, 3.05) is 0 Å². The Kier molecular flexibility index (Phi) is 3.64. The molecule has 0 saturated heterocycles. The molecule has 0 spiro atoms. The minimum atomic E-state index is -0.759. The number of hydrogen-bond donors (Lipinski definition) is 1. The van der Waals surface area contributed by atoms with Crippen molar-refractivity contribution in [1.29, 1.82) is 0 Å². The topological polar surface area (TPSA) is 20.2 Å². The molecule has 0 aromatic rings. The third kappa shape index (κ3) is 3.48. The third-order valence-corrected chi connectivity index (χ3v) is 0.473. The lowest BCUT2D eigenvalue weighted by Crippen LogP contribution is -1.99. The molecule has 0 aromatic heterocycles. The molecule has 1 atom stereocenters. The van der Waals surface area contributed by atoms with Gasteiger partial charge in [0.1, 0.15) is 6.10 Å². The lowest BCUT2D eigenvalue weighted by atomic mass is 9.99. The van der Waals surface area contributed by atoms with E-state index in [1.165, 1.54) is 0 Å². The Labute approximate surface area is 45.9 Å². The highest BCUT2D eigenvalue weighted by Gasteiger charge is 1.87. The van der Waals surface area contributed by atoms with Crippen LogP contribution in [0.3, 0.4) is 0 Å². The first-order valence-corrected chi connectivity index (χ1v) is 1.90. The van der Waals surface area contributed by atoms with Crippen molar-refractivity contribution >= 4 is 15.7 Å². The number of hydrogen-bond acceptors (Lipinski definition) is 1. The van der Waals surface area contributed by atoms with E-state index < -0.39 is 6.10 Å². The first-order valence-electron chi connectivity index (χ1n) is 1.90. The van der Waals surface area contributed by atoms with Crippen LogP contribution >= 0.6 is 0 Å². The van der Waals surface area contributed by atoms with E-state index in [0.29, 0.717) is 0 Å². The second-order valence-electron chi connectivity index (χ2n) is 1.04. The van der Waals surface area contributed by atoms with Crippen LogP contribution in [0.25, 0.3) is 0 Å². The van der Waals surface area contributed by atoms with Gasteiger partial charge < -0.3 is 5.11 Å². The molecule has 32 valence electrons. The molecule has 0 heterocycles. The summed E-state index contributed by atoms with van der Waals surface area (Å²) in [6.07, 6.45) is -0.616. The molecule has 0 bridgehead atoms. The van der Waals surface area contributed by atoms with Gasteiger partial charge in [0.2, 0.25) is 0 Å². The van der Waals surface area contributed by atoms with Gasteiger partial charge in [-0.25, -0.2) is 0 Å². The largest absolute Gasteiger partial charge is 0.381 e. The zero-order valence-electron chi connectivity index (χ0n) is 3.89. The molecule has 0 amide bonds. The molecule has 3 heteroatoms. The van der Waals surface area contributed by atoms with Gasteiger partial charge in [0, 0.05) is 0 Å². The van der Waals surface area contributed by atoms with Crippen molar-refractivity contribution in [2.24, 2.45) is 0 Å². The summed E-state index contributed by atoms with van der Waals surface area (Å²) in [5, 5.41) is 8.48. The molecule has 1 N–H and O–H groups in total. The van der Waals surface area contributed by atoms with E-state index in [9.17, 15) is 0 Å². The zero-order chi connectivity index (χ0) is 5.70. The fourth-order valence-corrected chi connectivity index (χ4v) is 0.155. The van der Waals surface area contributed by atoms with Gasteiger partial charge in [0.25, 0.3) is 0 Å². The summed E-state index contributed by atoms with van der Waals surface area (Å²) in [6.45, 7) is 0. The van der Waals surface area contributed by atoms with Crippen molar-refractivity contribution in [2.45, 2.75) is 12.4 Å². The van der Waals surface area contributed by atoms with Crippen LogP contribution < -0.4 is 0 Å². The van der Waals surface area contributed by atoms with Crippen LogP contribution in [0.4, 0.5) is 0 Å². The van der Waals surface area contributed by atoms with E-state index in [2.05, 4.69) is 5.92 Å². The molecule has 0 aliphatic heterocycles. The number of aliphatic hydroxyl groups excluding tert-OH is 1. The first-order chi connectivity index (χ1) is 3.31. The highest BCUT2D eigenvalue weighted by Crippen LogP contribution is 1.80. The van der Waals surface area contributed by atoms with Crippen LogP contribution in [-0.4, -0.2) is 26.9 Å². The predicted molar refractivity (Wildman–Crippen MR) is 30.1 cm³/mol. The highest BCUT2D eigenvalue weighted by molar-refractivity contribution is 6.22. The normalized spacial score (nSPS) is 11.6. The molecule has 4 radical (unpaired) electrons. The Balaban J connectivity index is 3.29. The fourth-order valence-electron chi connectivity index (χ4n) is 0.155. The van der Waals surface area contributed by atoms with Gasteiger partial charge in [0.15, 0.2) is 7.85 Å². The molecule has 7 heavy (non-hydrogen) atoms. The van der Waals surface area contributed by atoms with Crippen LogP contribution in [0.15, 0.2) is 0 Å². The zero-order valence-corrected chi connectivity index (χ0v) is 3.89. The quantitative estimate of drug-likeness (QED) is 0.325. The van der Waals surface area contributed by atoms with Crippen molar-refractivity contribution < 1.29 is 5.11 Å². The minimum Gasteiger partial charge on any atom is -0.381 e. The third-order valence-electron chi connectivity index (χ3n) is 0.473. The van der Waals surface area contributed by atoms with Crippen LogP contribution in [0.2, 0.25) is 6.32 Å². The standard InChI is InChI=1S/C4H4B2O/c5-2-1-4(7)3-6/h4,7H,3H2. The van der Waals surface area contributed by atoms with E-state index in [1.54, 1.807) is 0 Å². The molecular formula is C4H4B2O. The summed E-state index contributed by atoms with van der Waals surface area (Å²) in [6, 6.07) is 0.